The van der Waals surface area contributed by atoms with E-state index in [1.807, 2.05) is 24.3 Å². The Morgan fingerprint density at radius 3 is 2.41 bits per heavy atom. The lowest BCUT2D eigenvalue weighted by atomic mass is 10.1. The predicted octanol–water partition coefficient (Wildman–Crippen LogP) is 2.38. The van der Waals surface area contributed by atoms with Crippen LogP contribution in [0.15, 0.2) is 42.7 Å². The molecule has 0 unspecified atom stereocenters. The Balaban J connectivity index is 1.34. The van der Waals surface area contributed by atoms with Crippen LogP contribution in [0.5, 0.6) is 0 Å². The second-order valence-corrected chi connectivity index (χ2v) is 8.03. The van der Waals surface area contributed by atoms with Gasteiger partial charge in [0, 0.05) is 6.07 Å². The number of ether oxygens (including phenoxy) is 1. The van der Waals surface area contributed by atoms with Crippen LogP contribution >= 0.6 is 0 Å². The summed E-state index contributed by atoms with van der Waals surface area (Å²) in [4.78, 5) is 8.59. The van der Waals surface area contributed by atoms with E-state index in [4.69, 9.17) is 4.74 Å². The lowest BCUT2D eigenvalue weighted by molar-refractivity contribution is 0.0256. The molecule has 4 N–H and O–H groups in total. The first kappa shape index (κ1) is 20.1. The van der Waals surface area contributed by atoms with E-state index in [0.29, 0.717) is 18.8 Å². The van der Waals surface area contributed by atoms with Crippen molar-refractivity contribution in [2.75, 3.05) is 10.6 Å². The van der Waals surface area contributed by atoms with Crippen LogP contribution in [0.3, 0.4) is 0 Å². The van der Waals surface area contributed by atoms with Gasteiger partial charge in [0.1, 0.15) is 24.1 Å². The van der Waals surface area contributed by atoms with E-state index in [2.05, 4.69) is 39.7 Å². The molecule has 1 heterocycles. The Labute approximate surface area is 171 Å². The first-order chi connectivity index (χ1) is 14.1. The summed E-state index contributed by atoms with van der Waals surface area (Å²) in [6, 6.07) is 12.0. The number of anilines is 2. The van der Waals surface area contributed by atoms with E-state index in [9.17, 15) is 10.2 Å². The molecule has 2 aliphatic carbocycles. The Hall–Kier alpha value is -2.22. The fourth-order valence-electron chi connectivity index (χ4n) is 4.23. The van der Waals surface area contributed by atoms with Gasteiger partial charge in [-0.3, -0.25) is 0 Å². The molecule has 4 rings (SSSR count). The molecule has 0 bridgehead atoms. The maximum Gasteiger partial charge on any atom is 0.131 e. The quantitative estimate of drug-likeness (QED) is 0.569. The molecule has 0 saturated heterocycles. The monoisotopic (exact) mass is 397 g/mol. The Kier molecular flexibility index (Phi) is 6.28. The van der Waals surface area contributed by atoms with E-state index >= 15 is 0 Å². The third-order valence-electron chi connectivity index (χ3n) is 5.89. The summed E-state index contributed by atoms with van der Waals surface area (Å²) in [6.45, 7) is 4.49. The SMILES string of the molecule is [CH2][C@@H]1C[C@@H](Nc2cc(N[C@@H]3CCC[C@H]3OCc3ccccc3)ncn2)[C@H](O)[C@@H]1O. The fourth-order valence-corrected chi connectivity index (χ4v) is 4.23. The van der Waals surface area contributed by atoms with Gasteiger partial charge in [-0.1, -0.05) is 30.3 Å². The fraction of sp³-hybridized carbons (Fsp3) is 0.500. The van der Waals surface area contributed by atoms with Crippen molar-refractivity contribution in [3.05, 3.63) is 55.2 Å². The highest BCUT2D eigenvalue weighted by Gasteiger charge is 2.39. The van der Waals surface area contributed by atoms with E-state index in [-0.39, 0.29) is 24.1 Å². The highest BCUT2D eigenvalue weighted by atomic mass is 16.5. The van der Waals surface area contributed by atoms with Crippen molar-refractivity contribution >= 4 is 11.6 Å². The third kappa shape index (κ3) is 4.86. The summed E-state index contributed by atoms with van der Waals surface area (Å²) in [7, 11) is 0. The van der Waals surface area contributed by atoms with E-state index in [0.717, 1.165) is 25.1 Å². The van der Waals surface area contributed by atoms with Crippen LogP contribution in [0.25, 0.3) is 0 Å². The molecule has 2 fully saturated rings. The van der Waals surface area contributed by atoms with Crippen LogP contribution in [0.4, 0.5) is 11.6 Å². The van der Waals surface area contributed by atoms with Gasteiger partial charge in [0.2, 0.25) is 0 Å². The second kappa shape index (κ2) is 9.07. The van der Waals surface area contributed by atoms with Crippen molar-refractivity contribution in [3.63, 3.8) is 0 Å². The first-order valence-electron chi connectivity index (χ1n) is 10.3. The molecular formula is C22H29N4O3. The summed E-state index contributed by atoms with van der Waals surface area (Å²) in [5.41, 5.74) is 1.17. The highest BCUT2D eigenvalue weighted by Crippen LogP contribution is 2.29. The molecule has 1 radical (unpaired) electrons. The number of hydrogen-bond acceptors (Lipinski definition) is 7. The molecule has 0 spiro atoms. The molecule has 7 nitrogen and oxygen atoms in total. The zero-order valence-corrected chi connectivity index (χ0v) is 16.4. The normalized spacial score (nSPS) is 31.7. The summed E-state index contributed by atoms with van der Waals surface area (Å²) < 4.78 is 6.16. The van der Waals surface area contributed by atoms with E-state index in [1.54, 1.807) is 0 Å². The Morgan fingerprint density at radius 1 is 1.00 bits per heavy atom. The number of aliphatic hydroxyl groups excluding tert-OH is 2. The average molecular weight is 397 g/mol. The first-order valence-corrected chi connectivity index (χ1v) is 10.3. The molecule has 1 aromatic carbocycles. The Bertz CT molecular complexity index is 791. The maximum absolute atomic E-state index is 10.1. The molecule has 6 atom stereocenters. The van der Waals surface area contributed by atoms with Crippen LogP contribution < -0.4 is 10.6 Å². The molecule has 7 heteroatoms. The van der Waals surface area contributed by atoms with Crippen molar-refractivity contribution in [1.29, 1.82) is 0 Å². The standard InChI is InChI=1S/C22H29N4O3/c1-14-10-17(22(28)21(14)27)26-20-11-19(23-13-24-20)25-16-8-5-9-18(16)29-12-15-6-3-2-4-7-15/h2-4,6-7,11,13-14,16-18,21-22,27-28H,1,5,8-10,12H2,(H2,23,24,25,26)/t14-,16-,17-,18-,21-,22+/m1/s1. The van der Waals surface area contributed by atoms with Gasteiger partial charge < -0.3 is 25.6 Å². The van der Waals surface area contributed by atoms with Crippen LogP contribution in [0.2, 0.25) is 0 Å². The lowest BCUT2D eigenvalue weighted by Gasteiger charge is -2.23. The topological polar surface area (TPSA) is 99.5 Å². The van der Waals surface area contributed by atoms with Gasteiger partial charge in [-0.05, 0) is 44.1 Å². The number of hydrogen-bond donors (Lipinski definition) is 4. The number of benzene rings is 1. The van der Waals surface area contributed by atoms with E-state index < -0.39 is 12.2 Å². The molecule has 1 aromatic heterocycles. The molecule has 29 heavy (non-hydrogen) atoms. The minimum Gasteiger partial charge on any atom is -0.390 e. The van der Waals surface area contributed by atoms with Gasteiger partial charge in [0.05, 0.1) is 30.9 Å². The molecule has 0 amide bonds. The summed E-state index contributed by atoms with van der Waals surface area (Å²) >= 11 is 0. The van der Waals surface area contributed by atoms with Crippen LogP contribution in [-0.4, -0.2) is 50.6 Å². The maximum atomic E-state index is 10.1. The van der Waals surface area contributed by atoms with Crippen molar-refractivity contribution in [3.8, 4) is 0 Å². The van der Waals surface area contributed by atoms with Crippen LogP contribution in [0.1, 0.15) is 31.2 Å². The van der Waals surface area contributed by atoms with Crippen LogP contribution in [-0.2, 0) is 11.3 Å². The predicted molar refractivity (Wildman–Crippen MR) is 111 cm³/mol. The van der Waals surface area contributed by atoms with Gasteiger partial charge in [-0.25, -0.2) is 9.97 Å². The number of aliphatic hydroxyl groups is 2. The van der Waals surface area contributed by atoms with Crippen molar-refractivity contribution in [2.45, 2.75) is 62.7 Å². The largest absolute Gasteiger partial charge is 0.390 e. The van der Waals surface area contributed by atoms with E-state index in [1.165, 1.54) is 11.9 Å². The Morgan fingerprint density at radius 2 is 1.72 bits per heavy atom. The molecule has 0 aliphatic heterocycles. The third-order valence-corrected chi connectivity index (χ3v) is 5.89. The zero-order chi connectivity index (χ0) is 20.2. The number of nitrogens with one attached hydrogen (secondary N) is 2. The molecule has 2 saturated carbocycles. The molecular weight excluding hydrogens is 368 g/mol. The lowest BCUT2D eigenvalue weighted by Crippen LogP contribution is -2.35. The molecule has 2 aromatic rings. The minimum atomic E-state index is -0.852. The average Bonchev–Trinajstić information content (AvgIpc) is 3.27. The summed E-state index contributed by atoms with van der Waals surface area (Å²) in [5, 5.41) is 26.7. The second-order valence-electron chi connectivity index (χ2n) is 8.03. The summed E-state index contributed by atoms with van der Waals surface area (Å²) in [6.07, 6.45) is 3.74. The van der Waals surface area contributed by atoms with Gasteiger partial charge in [-0.15, -0.1) is 0 Å². The van der Waals surface area contributed by atoms with Crippen molar-refractivity contribution in [1.82, 2.24) is 9.97 Å². The zero-order valence-electron chi connectivity index (χ0n) is 16.4. The number of nitrogens with zero attached hydrogens (tertiary/aromatic N) is 2. The summed E-state index contributed by atoms with van der Waals surface area (Å²) in [5.74, 6) is 1.15. The van der Waals surface area contributed by atoms with Gasteiger partial charge >= 0.3 is 0 Å². The van der Waals surface area contributed by atoms with Gasteiger partial charge in [-0.2, -0.15) is 0 Å². The van der Waals surface area contributed by atoms with Gasteiger partial charge in [0.25, 0.3) is 0 Å². The minimum absolute atomic E-state index is 0.139. The van der Waals surface area contributed by atoms with Crippen molar-refractivity contribution in [2.24, 2.45) is 5.92 Å². The molecule has 2 aliphatic rings. The van der Waals surface area contributed by atoms with Crippen molar-refractivity contribution < 1.29 is 14.9 Å². The smallest absolute Gasteiger partial charge is 0.131 e. The van der Waals surface area contributed by atoms with Gasteiger partial charge in [0.15, 0.2) is 0 Å². The number of aromatic nitrogens is 2. The number of rotatable bonds is 7. The van der Waals surface area contributed by atoms with Crippen LogP contribution in [0, 0.1) is 12.8 Å². The highest BCUT2D eigenvalue weighted by molar-refractivity contribution is 5.48. The molecule has 155 valence electrons.